The molecule has 1 aromatic carbocycles. The summed E-state index contributed by atoms with van der Waals surface area (Å²) >= 11 is 0. The number of hydrogen-bond donors (Lipinski definition) is 2. The number of nitro benzene ring substituents is 1. The molecule has 2 atom stereocenters. The van der Waals surface area contributed by atoms with Crippen LogP contribution in [0.2, 0.25) is 0 Å². The van der Waals surface area contributed by atoms with Gasteiger partial charge in [-0.05, 0) is 13.0 Å². The number of hydrogen-bond acceptors (Lipinski definition) is 5. The van der Waals surface area contributed by atoms with Gasteiger partial charge in [-0.3, -0.25) is 14.9 Å². The number of halogens is 1. The molecule has 1 aliphatic heterocycles. The monoisotopic (exact) mass is 284 g/mol. The Morgan fingerprint density at radius 3 is 2.95 bits per heavy atom. The fraction of sp³-hybridized carbons (Fsp3) is 0.417. The molecule has 2 unspecified atom stereocenters. The van der Waals surface area contributed by atoms with Crippen molar-refractivity contribution in [2.75, 3.05) is 18.5 Å². The van der Waals surface area contributed by atoms with Gasteiger partial charge in [0.25, 0.3) is 5.69 Å². The lowest BCUT2D eigenvalue weighted by Crippen LogP contribution is -2.43. The van der Waals surface area contributed by atoms with Gasteiger partial charge in [0.05, 0.1) is 24.2 Å². The standard InChI is InChI=1S/C12H13FN2O5/c1-12(11(16)17)6-20-5-10(12)14-8-4-7(13)2-3-9(8)15(18)19/h2-4,10,14H,5-6H2,1H3,(H,16,17). The van der Waals surface area contributed by atoms with Crippen molar-refractivity contribution in [2.24, 2.45) is 5.41 Å². The molecule has 0 bridgehead atoms. The Balaban J connectivity index is 2.32. The number of carboxylic acids is 1. The third-order valence-corrected chi connectivity index (χ3v) is 3.43. The van der Waals surface area contributed by atoms with Crippen LogP contribution in [-0.2, 0) is 9.53 Å². The van der Waals surface area contributed by atoms with E-state index >= 15 is 0 Å². The summed E-state index contributed by atoms with van der Waals surface area (Å²) in [5.41, 5.74) is -1.59. The summed E-state index contributed by atoms with van der Waals surface area (Å²) in [6.45, 7) is 1.55. The van der Waals surface area contributed by atoms with Crippen LogP contribution in [0, 0.1) is 21.3 Å². The Morgan fingerprint density at radius 1 is 1.65 bits per heavy atom. The summed E-state index contributed by atoms with van der Waals surface area (Å²) in [6, 6.07) is 2.30. The SMILES string of the molecule is CC1(C(=O)O)COCC1Nc1cc(F)ccc1[N+](=O)[O-]. The van der Waals surface area contributed by atoms with Crippen LogP contribution in [0.25, 0.3) is 0 Å². The molecule has 1 fully saturated rings. The molecule has 20 heavy (non-hydrogen) atoms. The van der Waals surface area contributed by atoms with Crippen molar-refractivity contribution in [1.82, 2.24) is 0 Å². The van der Waals surface area contributed by atoms with Crippen LogP contribution < -0.4 is 5.32 Å². The Labute approximate surface area is 113 Å². The average Bonchev–Trinajstić information content (AvgIpc) is 2.72. The van der Waals surface area contributed by atoms with E-state index in [-0.39, 0.29) is 24.6 Å². The van der Waals surface area contributed by atoms with Crippen molar-refractivity contribution >= 4 is 17.3 Å². The van der Waals surface area contributed by atoms with Gasteiger partial charge in [-0.15, -0.1) is 0 Å². The van der Waals surface area contributed by atoms with Crippen LogP contribution in [0.4, 0.5) is 15.8 Å². The minimum Gasteiger partial charge on any atom is -0.481 e. The molecular weight excluding hydrogens is 271 g/mol. The second-order valence-electron chi connectivity index (χ2n) is 4.85. The van der Waals surface area contributed by atoms with Crippen LogP contribution in [0.3, 0.4) is 0 Å². The first-order valence-corrected chi connectivity index (χ1v) is 5.86. The van der Waals surface area contributed by atoms with Crippen LogP contribution in [0.1, 0.15) is 6.92 Å². The zero-order chi connectivity index (χ0) is 14.9. The molecule has 0 spiro atoms. The van der Waals surface area contributed by atoms with Gasteiger partial charge < -0.3 is 15.2 Å². The number of nitro groups is 1. The lowest BCUT2D eigenvalue weighted by Gasteiger charge is -2.26. The number of rotatable bonds is 4. The molecule has 108 valence electrons. The molecule has 1 heterocycles. The molecule has 7 nitrogen and oxygen atoms in total. The summed E-state index contributed by atoms with van der Waals surface area (Å²) in [5, 5.41) is 22.8. The summed E-state index contributed by atoms with van der Waals surface area (Å²) in [4.78, 5) is 21.5. The maximum absolute atomic E-state index is 13.2. The van der Waals surface area contributed by atoms with E-state index < -0.39 is 28.2 Å². The Kier molecular flexibility index (Phi) is 3.58. The van der Waals surface area contributed by atoms with Crippen LogP contribution in [0.15, 0.2) is 18.2 Å². The lowest BCUT2D eigenvalue weighted by atomic mass is 9.85. The van der Waals surface area contributed by atoms with Gasteiger partial charge in [-0.25, -0.2) is 4.39 Å². The number of ether oxygens (including phenoxy) is 1. The highest BCUT2D eigenvalue weighted by Gasteiger charge is 2.47. The molecule has 8 heteroatoms. The lowest BCUT2D eigenvalue weighted by molar-refractivity contribution is -0.384. The predicted octanol–water partition coefficient (Wildman–Crippen LogP) is 1.64. The van der Waals surface area contributed by atoms with Crippen LogP contribution >= 0.6 is 0 Å². The molecule has 0 aliphatic carbocycles. The molecular formula is C12H13FN2O5. The van der Waals surface area contributed by atoms with E-state index in [1.54, 1.807) is 0 Å². The molecule has 0 saturated carbocycles. The van der Waals surface area contributed by atoms with E-state index in [2.05, 4.69) is 5.32 Å². The zero-order valence-corrected chi connectivity index (χ0v) is 10.6. The van der Waals surface area contributed by atoms with Gasteiger partial charge in [0, 0.05) is 12.1 Å². The fourth-order valence-electron chi connectivity index (χ4n) is 2.06. The summed E-state index contributed by atoms with van der Waals surface area (Å²) in [7, 11) is 0. The van der Waals surface area contributed by atoms with Gasteiger partial charge in [-0.1, -0.05) is 0 Å². The first-order valence-electron chi connectivity index (χ1n) is 5.86. The molecule has 2 N–H and O–H groups in total. The quantitative estimate of drug-likeness (QED) is 0.643. The van der Waals surface area contributed by atoms with E-state index in [0.29, 0.717) is 0 Å². The van der Waals surface area contributed by atoms with Gasteiger partial charge in [0.2, 0.25) is 0 Å². The van der Waals surface area contributed by atoms with Gasteiger partial charge in [0.15, 0.2) is 0 Å². The Bertz CT molecular complexity index is 565. The maximum Gasteiger partial charge on any atom is 0.313 e. The van der Waals surface area contributed by atoms with E-state index in [9.17, 15) is 24.4 Å². The number of carbonyl (C=O) groups is 1. The largest absolute Gasteiger partial charge is 0.481 e. The van der Waals surface area contributed by atoms with Crippen molar-refractivity contribution in [2.45, 2.75) is 13.0 Å². The Morgan fingerprint density at radius 2 is 2.35 bits per heavy atom. The number of benzene rings is 1. The highest BCUT2D eigenvalue weighted by atomic mass is 19.1. The minimum atomic E-state index is -1.22. The first kappa shape index (κ1) is 14.2. The van der Waals surface area contributed by atoms with E-state index in [4.69, 9.17) is 4.74 Å². The molecule has 0 aromatic heterocycles. The van der Waals surface area contributed by atoms with Crippen molar-refractivity contribution in [3.05, 3.63) is 34.1 Å². The summed E-state index contributed by atoms with van der Waals surface area (Å²) in [6.07, 6.45) is 0. The van der Waals surface area contributed by atoms with Crippen molar-refractivity contribution in [1.29, 1.82) is 0 Å². The third kappa shape index (κ3) is 2.42. The molecule has 0 amide bonds. The highest BCUT2D eigenvalue weighted by molar-refractivity contribution is 5.77. The number of nitrogens with zero attached hydrogens (tertiary/aromatic N) is 1. The van der Waals surface area contributed by atoms with E-state index in [1.165, 1.54) is 6.92 Å². The molecule has 1 aromatic rings. The minimum absolute atomic E-state index is 0.0108. The van der Waals surface area contributed by atoms with E-state index in [1.807, 2.05) is 0 Å². The molecule has 1 aliphatic rings. The van der Waals surface area contributed by atoms with E-state index in [0.717, 1.165) is 18.2 Å². The van der Waals surface area contributed by atoms with Crippen LogP contribution in [-0.4, -0.2) is 35.3 Å². The smallest absolute Gasteiger partial charge is 0.313 e. The third-order valence-electron chi connectivity index (χ3n) is 3.43. The fourth-order valence-corrected chi connectivity index (χ4v) is 2.06. The van der Waals surface area contributed by atoms with Crippen LogP contribution in [0.5, 0.6) is 0 Å². The first-order chi connectivity index (χ1) is 9.34. The molecule has 1 saturated heterocycles. The van der Waals surface area contributed by atoms with Gasteiger partial charge in [0.1, 0.15) is 16.9 Å². The average molecular weight is 284 g/mol. The van der Waals surface area contributed by atoms with Crippen molar-refractivity contribution in [3.63, 3.8) is 0 Å². The number of anilines is 1. The molecule has 2 rings (SSSR count). The molecule has 0 radical (unpaired) electrons. The Hall–Kier alpha value is -2.22. The maximum atomic E-state index is 13.2. The second-order valence-corrected chi connectivity index (χ2v) is 4.85. The topological polar surface area (TPSA) is 102 Å². The number of nitrogens with one attached hydrogen (secondary N) is 1. The normalized spacial score (nSPS) is 25.4. The summed E-state index contributed by atoms with van der Waals surface area (Å²) in [5.74, 6) is -1.72. The number of carboxylic acid groups (broad SMARTS) is 1. The second kappa shape index (κ2) is 5.04. The van der Waals surface area contributed by atoms with Gasteiger partial charge in [-0.2, -0.15) is 0 Å². The highest BCUT2D eigenvalue weighted by Crippen LogP contribution is 2.34. The zero-order valence-electron chi connectivity index (χ0n) is 10.6. The summed E-state index contributed by atoms with van der Waals surface area (Å²) < 4.78 is 18.4. The van der Waals surface area contributed by atoms with Crippen molar-refractivity contribution < 1.29 is 24.0 Å². The number of aliphatic carboxylic acids is 1. The van der Waals surface area contributed by atoms with Crippen molar-refractivity contribution in [3.8, 4) is 0 Å². The predicted molar refractivity (Wildman–Crippen MR) is 67.0 cm³/mol. The van der Waals surface area contributed by atoms with Gasteiger partial charge >= 0.3 is 5.97 Å².